The van der Waals surface area contributed by atoms with E-state index in [1.54, 1.807) is 24.4 Å². The number of benzene rings is 2. The molecular weight excluding hydrogens is 452 g/mol. The average Bonchev–Trinajstić information content (AvgIpc) is 3.41. The van der Waals surface area contributed by atoms with Gasteiger partial charge < -0.3 is 10.3 Å². The Morgan fingerprint density at radius 2 is 1.94 bits per heavy atom. The summed E-state index contributed by atoms with van der Waals surface area (Å²) in [6.07, 6.45) is -0.877. The van der Waals surface area contributed by atoms with E-state index in [-0.39, 0.29) is 5.56 Å². The minimum atomic E-state index is -2.52. The van der Waals surface area contributed by atoms with E-state index in [9.17, 15) is 8.78 Å². The minimum Gasteiger partial charge on any atom is -0.338 e. The zero-order chi connectivity index (χ0) is 22.2. The highest BCUT2D eigenvalue weighted by Gasteiger charge is 2.13. The summed E-state index contributed by atoms with van der Waals surface area (Å²) >= 11 is 7.46. The highest BCUT2D eigenvalue weighted by atomic mass is 35.5. The highest BCUT2D eigenvalue weighted by molar-refractivity contribution is 7.14. The highest BCUT2D eigenvalue weighted by Crippen LogP contribution is 2.32. The van der Waals surface area contributed by atoms with Crippen LogP contribution in [0.1, 0.15) is 17.6 Å². The SMILES string of the molecule is Cc1cc2[nH]c(-c3cccc(C(F)F)c3)nc2cc1Nc1nc(-c2ccnc(Cl)c2)cs1. The van der Waals surface area contributed by atoms with Gasteiger partial charge in [0.15, 0.2) is 5.13 Å². The molecule has 2 aromatic carbocycles. The van der Waals surface area contributed by atoms with Gasteiger partial charge >= 0.3 is 0 Å². The van der Waals surface area contributed by atoms with Crippen molar-refractivity contribution in [2.45, 2.75) is 13.3 Å². The summed E-state index contributed by atoms with van der Waals surface area (Å²) in [5.74, 6) is 0.546. The maximum Gasteiger partial charge on any atom is 0.263 e. The Morgan fingerprint density at radius 1 is 1.06 bits per heavy atom. The molecule has 9 heteroatoms. The van der Waals surface area contributed by atoms with E-state index in [1.165, 1.54) is 23.5 Å². The second-order valence-corrected chi connectivity index (χ2v) is 8.47. The van der Waals surface area contributed by atoms with E-state index in [2.05, 4.69) is 25.3 Å². The topological polar surface area (TPSA) is 66.5 Å². The number of nitrogens with zero attached hydrogens (tertiary/aromatic N) is 3. The molecule has 32 heavy (non-hydrogen) atoms. The number of hydrogen-bond acceptors (Lipinski definition) is 5. The first-order valence-corrected chi connectivity index (χ1v) is 11.0. The number of alkyl halides is 2. The summed E-state index contributed by atoms with van der Waals surface area (Å²) in [7, 11) is 0. The van der Waals surface area contributed by atoms with Crippen LogP contribution in [0.15, 0.2) is 60.1 Å². The molecule has 0 saturated heterocycles. The second-order valence-electron chi connectivity index (χ2n) is 7.23. The number of H-pyrrole nitrogens is 1. The number of pyridine rings is 1. The van der Waals surface area contributed by atoms with Crippen molar-refractivity contribution in [1.29, 1.82) is 0 Å². The van der Waals surface area contributed by atoms with E-state index in [1.807, 2.05) is 30.5 Å². The van der Waals surface area contributed by atoms with Gasteiger partial charge in [0.05, 0.1) is 16.7 Å². The van der Waals surface area contributed by atoms with Crippen LogP contribution in [-0.2, 0) is 0 Å². The van der Waals surface area contributed by atoms with Gasteiger partial charge in [0.2, 0.25) is 0 Å². The molecule has 160 valence electrons. The van der Waals surface area contributed by atoms with Crippen LogP contribution < -0.4 is 5.32 Å². The molecule has 0 spiro atoms. The molecule has 5 aromatic rings. The normalized spacial score (nSPS) is 11.4. The first-order valence-electron chi connectivity index (χ1n) is 9.69. The summed E-state index contributed by atoms with van der Waals surface area (Å²) < 4.78 is 26.1. The lowest BCUT2D eigenvalue weighted by atomic mass is 10.1. The van der Waals surface area contributed by atoms with E-state index in [0.717, 1.165) is 38.7 Å². The van der Waals surface area contributed by atoms with Gasteiger partial charge in [0.25, 0.3) is 6.43 Å². The molecule has 5 nitrogen and oxygen atoms in total. The number of hydrogen-bond donors (Lipinski definition) is 2. The summed E-state index contributed by atoms with van der Waals surface area (Å²) in [4.78, 5) is 16.5. The van der Waals surface area contributed by atoms with Crippen LogP contribution in [-0.4, -0.2) is 19.9 Å². The Bertz CT molecular complexity index is 1430. The Labute approximate surface area is 191 Å². The van der Waals surface area contributed by atoms with Crippen LogP contribution in [0.5, 0.6) is 0 Å². The standard InChI is InChI=1S/C23H16ClF2N5S/c1-12-7-17-18(29-22(28-17)15-4-2-3-14(8-15)21(25)26)10-16(12)30-23-31-19(11-32-23)13-5-6-27-20(24)9-13/h2-11,21H,1H3,(H,28,29)(H,30,31). The molecule has 0 aliphatic rings. The number of anilines is 2. The molecule has 0 bridgehead atoms. The summed E-state index contributed by atoms with van der Waals surface area (Å²) in [5.41, 5.74) is 5.71. The molecule has 0 atom stereocenters. The lowest BCUT2D eigenvalue weighted by molar-refractivity contribution is 0.151. The summed E-state index contributed by atoms with van der Waals surface area (Å²) in [6.45, 7) is 1.98. The third kappa shape index (κ3) is 4.06. The Hall–Kier alpha value is -3.36. The smallest absolute Gasteiger partial charge is 0.263 e. The van der Waals surface area contributed by atoms with Crippen molar-refractivity contribution in [3.63, 3.8) is 0 Å². The monoisotopic (exact) mass is 467 g/mol. The van der Waals surface area contributed by atoms with Crippen LogP contribution in [0.25, 0.3) is 33.7 Å². The van der Waals surface area contributed by atoms with E-state index >= 15 is 0 Å². The first-order chi connectivity index (χ1) is 15.5. The largest absolute Gasteiger partial charge is 0.338 e. The van der Waals surface area contributed by atoms with Gasteiger partial charge in [-0.05, 0) is 42.8 Å². The molecule has 3 heterocycles. The number of fused-ring (bicyclic) bond motifs is 1. The fraction of sp³-hybridized carbons (Fsp3) is 0.0870. The van der Waals surface area contributed by atoms with Gasteiger partial charge in [-0.3, -0.25) is 0 Å². The quantitative estimate of drug-likeness (QED) is 0.264. The molecule has 0 saturated carbocycles. The van der Waals surface area contributed by atoms with Gasteiger partial charge in [-0.25, -0.2) is 23.7 Å². The third-order valence-corrected chi connectivity index (χ3v) is 5.97. The number of halogens is 3. The fourth-order valence-corrected chi connectivity index (χ4v) is 4.30. The lowest BCUT2D eigenvalue weighted by Crippen LogP contribution is -1.93. The zero-order valence-electron chi connectivity index (χ0n) is 16.7. The molecule has 5 rings (SSSR count). The summed E-state index contributed by atoms with van der Waals surface area (Å²) in [5, 5.41) is 6.45. The fourth-order valence-electron chi connectivity index (χ4n) is 3.40. The van der Waals surface area contributed by atoms with Crippen LogP contribution in [0.4, 0.5) is 19.6 Å². The van der Waals surface area contributed by atoms with Crippen molar-refractivity contribution in [3.05, 3.63) is 76.4 Å². The van der Waals surface area contributed by atoms with Crippen molar-refractivity contribution in [3.8, 4) is 22.6 Å². The van der Waals surface area contributed by atoms with Crippen molar-refractivity contribution in [2.24, 2.45) is 0 Å². The molecule has 0 radical (unpaired) electrons. The van der Waals surface area contributed by atoms with E-state index in [0.29, 0.717) is 16.5 Å². The van der Waals surface area contributed by atoms with Crippen molar-refractivity contribution >= 4 is 44.8 Å². The van der Waals surface area contributed by atoms with Crippen molar-refractivity contribution < 1.29 is 8.78 Å². The Balaban J connectivity index is 1.44. The zero-order valence-corrected chi connectivity index (χ0v) is 18.3. The number of imidazole rings is 1. The number of aromatic amines is 1. The van der Waals surface area contributed by atoms with Crippen molar-refractivity contribution in [2.75, 3.05) is 5.32 Å². The van der Waals surface area contributed by atoms with E-state index < -0.39 is 6.43 Å². The summed E-state index contributed by atoms with van der Waals surface area (Å²) in [6, 6.07) is 13.8. The van der Waals surface area contributed by atoms with Gasteiger partial charge in [-0.2, -0.15) is 0 Å². The second kappa shape index (κ2) is 8.29. The number of thiazole rings is 1. The predicted molar refractivity (Wildman–Crippen MR) is 125 cm³/mol. The molecular formula is C23H16ClF2N5S. The molecule has 0 aliphatic heterocycles. The maximum atomic E-state index is 13.1. The van der Waals surface area contributed by atoms with E-state index in [4.69, 9.17) is 11.6 Å². The van der Waals surface area contributed by atoms with Gasteiger partial charge in [-0.1, -0.05) is 29.8 Å². The van der Waals surface area contributed by atoms with Gasteiger partial charge in [0, 0.05) is 34.0 Å². The predicted octanol–water partition coefficient (Wildman–Crippen LogP) is 7.39. The molecule has 0 amide bonds. The Kier molecular flexibility index (Phi) is 5.32. The number of aromatic nitrogens is 4. The van der Waals surface area contributed by atoms with Crippen LogP contribution >= 0.6 is 22.9 Å². The number of nitrogens with one attached hydrogen (secondary N) is 2. The molecule has 2 N–H and O–H groups in total. The van der Waals surface area contributed by atoms with Crippen LogP contribution in [0.3, 0.4) is 0 Å². The Morgan fingerprint density at radius 3 is 2.75 bits per heavy atom. The van der Waals surface area contributed by atoms with Crippen molar-refractivity contribution in [1.82, 2.24) is 19.9 Å². The van der Waals surface area contributed by atoms with Crippen LogP contribution in [0.2, 0.25) is 5.15 Å². The van der Waals surface area contributed by atoms with Crippen LogP contribution in [0, 0.1) is 6.92 Å². The molecule has 0 unspecified atom stereocenters. The lowest BCUT2D eigenvalue weighted by Gasteiger charge is -2.06. The van der Waals surface area contributed by atoms with Gasteiger partial charge in [0.1, 0.15) is 11.0 Å². The third-order valence-electron chi connectivity index (χ3n) is 5.01. The number of aryl methyl sites for hydroxylation is 1. The minimum absolute atomic E-state index is 0.0310. The molecule has 3 aromatic heterocycles. The maximum absolute atomic E-state index is 13.1. The van der Waals surface area contributed by atoms with Gasteiger partial charge in [-0.15, -0.1) is 11.3 Å². The molecule has 0 aliphatic carbocycles. The average molecular weight is 468 g/mol. The number of rotatable bonds is 5. The molecule has 0 fully saturated rings. The first kappa shape index (κ1) is 20.5.